The van der Waals surface area contributed by atoms with E-state index in [9.17, 15) is 4.79 Å². The van der Waals surface area contributed by atoms with Gasteiger partial charge in [-0.1, -0.05) is 6.42 Å². The summed E-state index contributed by atoms with van der Waals surface area (Å²) >= 11 is 0. The number of hydrogen-bond donors (Lipinski definition) is 2. The number of hydrogen-bond acceptors (Lipinski definition) is 3. The molecule has 2 unspecified atom stereocenters. The van der Waals surface area contributed by atoms with Crippen LogP contribution in [0.2, 0.25) is 0 Å². The van der Waals surface area contributed by atoms with Gasteiger partial charge in [0.05, 0.1) is 17.3 Å². The highest BCUT2D eigenvalue weighted by molar-refractivity contribution is 5.89. The molecule has 1 aliphatic heterocycles. The summed E-state index contributed by atoms with van der Waals surface area (Å²) in [6.45, 7) is 0. The summed E-state index contributed by atoms with van der Waals surface area (Å²) in [6, 6.07) is 5.32. The molecule has 0 saturated heterocycles. The summed E-state index contributed by atoms with van der Waals surface area (Å²) in [5, 5.41) is 12.4. The van der Waals surface area contributed by atoms with Crippen LogP contribution in [-0.2, 0) is 0 Å². The maximum Gasteiger partial charge on any atom is 0.335 e. The maximum absolute atomic E-state index is 10.9. The number of anilines is 1. The first-order chi connectivity index (χ1) is 8.24. The largest absolute Gasteiger partial charge is 0.486 e. The fraction of sp³-hybridized carbons (Fsp3) is 0.462. The molecule has 1 aromatic carbocycles. The van der Waals surface area contributed by atoms with Crippen LogP contribution in [0.3, 0.4) is 0 Å². The molecule has 3 rings (SSSR count). The van der Waals surface area contributed by atoms with Crippen molar-refractivity contribution < 1.29 is 14.6 Å². The van der Waals surface area contributed by atoms with E-state index < -0.39 is 5.97 Å². The number of carbonyl (C=O) groups is 1. The highest BCUT2D eigenvalue weighted by Gasteiger charge is 2.31. The van der Waals surface area contributed by atoms with Crippen molar-refractivity contribution in [3.05, 3.63) is 23.8 Å². The first-order valence-electron chi connectivity index (χ1n) is 6.04. The summed E-state index contributed by atoms with van der Waals surface area (Å²) in [7, 11) is 0. The predicted molar refractivity (Wildman–Crippen MR) is 63.7 cm³/mol. The monoisotopic (exact) mass is 233 g/mol. The summed E-state index contributed by atoms with van der Waals surface area (Å²) in [4.78, 5) is 10.9. The first-order valence-corrected chi connectivity index (χ1v) is 6.04. The quantitative estimate of drug-likeness (QED) is 0.782. The SMILES string of the molecule is O=C(O)c1ccc2c(c1)NC1CCCCC1O2. The standard InChI is InChI=1S/C13H15NO3/c15-13(16)8-5-6-12-10(7-8)14-9-3-1-2-4-11(9)17-12/h5-7,9,11,14H,1-4H2,(H,15,16). The third-order valence-electron chi connectivity index (χ3n) is 3.55. The van der Waals surface area contributed by atoms with Crippen LogP contribution in [-0.4, -0.2) is 23.2 Å². The number of nitrogens with one attached hydrogen (secondary N) is 1. The summed E-state index contributed by atoms with van der Waals surface area (Å²) in [5.41, 5.74) is 1.11. The number of ether oxygens (including phenoxy) is 1. The van der Waals surface area contributed by atoms with Crippen molar-refractivity contribution in [3.8, 4) is 5.75 Å². The number of fused-ring (bicyclic) bond motifs is 2. The molecule has 0 aromatic heterocycles. The third-order valence-corrected chi connectivity index (χ3v) is 3.55. The van der Waals surface area contributed by atoms with Crippen molar-refractivity contribution in [2.45, 2.75) is 37.8 Å². The van der Waals surface area contributed by atoms with Crippen molar-refractivity contribution in [2.75, 3.05) is 5.32 Å². The van der Waals surface area contributed by atoms with Crippen LogP contribution in [0.1, 0.15) is 36.0 Å². The van der Waals surface area contributed by atoms with Gasteiger partial charge in [-0.25, -0.2) is 4.79 Å². The van der Waals surface area contributed by atoms with Gasteiger partial charge in [0.15, 0.2) is 0 Å². The molecular weight excluding hydrogens is 218 g/mol. The highest BCUT2D eigenvalue weighted by atomic mass is 16.5. The Balaban J connectivity index is 1.91. The van der Waals surface area contributed by atoms with Crippen LogP contribution in [0.5, 0.6) is 5.75 Å². The number of aromatic carboxylic acids is 1. The van der Waals surface area contributed by atoms with Gasteiger partial charge < -0.3 is 15.2 Å². The van der Waals surface area contributed by atoms with Crippen molar-refractivity contribution >= 4 is 11.7 Å². The lowest BCUT2D eigenvalue weighted by molar-refractivity contribution is 0.0696. The number of benzene rings is 1. The predicted octanol–water partition coefficient (Wildman–Crippen LogP) is 2.50. The summed E-state index contributed by atoms with van der Waals surface area (Å²) in [5.74, 6) is -0.126. The van der Waals surface area contributed by atoms with Crippen LogP contribution in [0.25, 0.3) is 0 Å². The van der Waals surface area contributed by atoms with Crippen molar-refractivity contribution in [3.63, 3.8) is 0 Å². The Bertz CT molecular complexity index is 458. The topological polar surface area (TPSA) is 58.6 Å². The van der Waals surface area contributed by atoms with E-state index in [4.69, 9.17) is 9.84 Å². The molecule has 0 spiro atoms. The molecule has 4 heteroatoms. The molecular formula is C13H15NO3. The van der Waals surface area contributed by atoms with Gasteiger partial charge in [-0.3, -0.25) is 0 Å². The van der Waals surface area contributed by atoms with E-state index in [-0.39, 0.29) is 6.10 Å². The second-order valence-electron chi connectivity index (χ2n) is 4.71. The Morgan fingerprint density at radius 1 is 1.35 bits per heavy atom. The van der Waals surface area contributed by atoms with Crippen molar-refractivity contribution in [1.82, 2.24) is 0 Å². The molecule has 0 radical (unpaired) electrons. The van der Waals surface area contributed by atoms with Gasteiger partial charge in [-0.05, 0) is 37.5 Å². The van der Waals surface area contributed by atoms with Crippen LogP contribution >= 0.6 is 0 Å². The molecule has 1 heterocycles. The summed E-state index contributed by atoms with van der Waals surface area (Å²) < 4.78 is 5.92. The summed E-state index contributed by atoms with van der Waals surface area (Å²) in [6.07, 6.45) is 4.85. The zero-order valence-electron chi connectivity index (χ0n) is 9.48. The molecule has 2 N–H and O–H groups in total. The fourth-order valence-corrected chi connectivity index (χ4v) is 2.64. The molecule has 2 atom stereocenters. The van der Waals surface area contributed by atoms with E-state index >= 15 is 0 Å². The average molecular weight is 233 g/mol. The van der Waals surface area contributed by atoms with E-state index in [2.05, 4.69) is 5.32 Å². The van der Waals surface area contributed by atoms with Gasteiger partial charge in [0, 0.05) is 0 Å². The minimum Gasteiger partial charge on any atom is -0.486 e. The lowest BCUT2D eigenvalue weighted by Crippen LogP contribution is -2.43. The smallest absolute Gasteiger partial charge is 0.335 e. The molecule has 17 heavy (non-hydrogen) atoms. The number of rotatable bonds is 1. The maximum atomic E-state index is 10.9. The second-order valence-corrected chi connectivity index (χ2v) is 4.71. The first kappa shape index (κ1) is 10.4. The van der Waals surface area contributed by atoms with Gasteiger partial charge in [0.1, 0.15) is 11.9 Å². The van der Waals surface area contributed by atoms with Crippen LogP contribution in [0, 0.1) is 0 Å². The molecule has 1 fully saturated rings. The molecule has 90 valence electrons. The highest BCUT2D eigenvalue weighted by Crippen LogP contribution is 2.36. The molecule has 1 aliphatic carbocycles. The Morgan fingerprint density at radius 3 is 3.00 bits per heavy atom. The van der Waals surface area contributed by atoms with E-state index in [1.54, 1.807) is 18.2 Å². The Labute approximate surface area is 99.6 Å². The Hall–Kier alpha value is -1.71. The molecule has 1 aromatic rings. The zero-order chi connectivity index (χ0) is 11.8. The molecule has 1 saturated carbocycles. The number of carboxylic acid groups (broad SMARTS) is 1. The molecule has 2 aliphatic rings. The van der Waals surface area contributed by atoms with Gasteiger partial charge in [0.25, 0.3) is 0 Å². The minimum absolute atomic E-state index is 0.243. The Kier molecular flexibility index (Phi) is 2.42. The van der Waals surface area contributed by atoms with E-state index in [0.29, 0.717) is 11.6 Å². The van der Waals surface area contributed by atoms with Crippen LogP contribution < -0.4 is 10.1 Å². The van der Waals surface area contributed by atoms with Gasteiger partial charge in [0.2, 0.25) is 0 Å². The van der Waals surface area contributed by atoms with Crippen LogP contribution in [0.15, 0.2) is 18.2 Å². The average Bonchev–Trinajstić information content (AvgIpc) is 2.35. The van der Waals surface area contributed by atoms with E-state index in [1.807, 2.05) is 0 Å². The van der Waals surface area contributed by atoms with Crippen molar-refractivity contribution in [1.29, 1.82) is 0 Å². The minimum atomic E-state index is -0.902. The second kappa shape index (κ2) is 3.95. The molecule has 4 nitrogen and oxygen atoms in total. The zero-order valence-corrected chi connectivity index (χ0v) is 9.48. The third kappa shape index (κ3) is 1.84. The van der Waals surface area contributed by atoms with Crippen LogP contribution in [0.4, 0.5) is 5.69 Å². The Morgan fingerprint density at radius 2 is 2.18 bits per heavy atom. The van der Waals surface area contributed by atoms with Gasteiger partial charge in [-0.15, -0.1) is 0 Å². The van der Waals surface area contributed by atoms with E-state index in [1.165, 1.54) is 12.8 Å². The fourth-order valence-electron chi connectivity index (χ4n) is 2.64. The molecule has 0 bridgehead atoms. The lowest BCUT2D eigenvalue weighted by atomic mass is 9.91. The lowest BCUT2D eigenvalue weighted by Gasteiger charge is -2.38. The van der Waals surface area contributed by atoms with Gasteiger partial charge in [-0.2, -0.15) is 0 Å². The van der Waals surface area contributed by atoms with Gasteiger partial charge >= 0.3 is 5.97 Å². The number of carboxylic acids is 1. The van der Waals surface area contributed by atoms with E-state index in [0.717, 1.165) is 24.3 Å². The van der Waals surface area contributed by atoms with Crippen molar-refractivity contribution in [2.24, 2.45) is 0 Å². The molecule has 0 amide bonds. The normalized spacial score (nSPS) is 26.1.